The van der Waals surface area contributed by atoms with Crippen molar-refractivity contribution >= 4 is 33.3 Å². The molecule has 0 saturated heterocycles. The number of rotatable bonds is 7. The molecule has 10 heteroatoms. The standard InChI is InChI=1S/C20H22ClN5O3S/c1-14(2)25(3)30(28,29)16-7-8-18(21)17(12-16)20(27)23-19-9-11-26(24-19)13-15-6-4-5-10-22-15/h4-12,14H,13H2,1-3H3,(H,23,24,27). The fraction of sp³-hybridized carbons (Fsp3) is 0.250. The Hall–Kier alpha value is -2.75. The van der Waals surface area contributed by atoms with Gasteiger partial charge in [-0.05, 0) is 44.2 Å². The molecule has 158 valence electrons. The molecule has 0 saturated carbocycles. The van der Waals surface area contributed by atoms with Gasteiger partial charge in [0.15, 0.2) is 5.82 Å². The van der Waals surface area contributed by atoms with Gasteiger partial charge in [0.05, 0.1) is 27.7 Å². The molecule has 0 aliphatic rings. The van der Waals surface area contributed by atoms with Gasteiger partial charge in [0, 0.05) is 31.5 Å². The van der Waals surface area contributed by atoms with Crippen LogP contribution in [0.3, 0.4) is 0 Å². The van der Waals surface area contributed by atoms with Crippen LogP contribution in [0.15, 0.2) is 59.8 Å². The minimum atomic E-state index is -3.75. The summed E-state index contributed by atoms with van der Waals surface area (Å²) < 4.78 is 28.3. The van der Waals surface area contributed by atoms with E-state index in [2.05, 4.69) is 15.4 Å². The molecule has 0 aliphatic carbocycles. The maximum Gasteiger partial charge on any atom is 0.258 e. The van der Waals surface area contributed by atoms with Crippen molar-refractivity contribution in [2.45, 2.75) is 31.3 Å². The minimum Gasteiger partial charge on any atom is -0.305 e. The number of anilines is 1. The average molecular weight is 448 g/mol. The van der Waals surface area contributed by atoms with Crippen molar-refractivity contribution in [3.05, 3.63) is 71.1 Å². The van der Waals surface area contributed by atoms with E-state index in [9.17, 15) is 13.2 Å². The van der Waals surface area contributed by atoms with Crippen LogP contribution in [0.4, 0.5) is 5.82 Å². The van der Waals surface area contributed by atoms with Gasteiger partial charge in [-0.25, -0.2) is 8.42 Å². The summed E-state index contributed by atoms with van der Waals surface area (Å²) in [6, 6.07) is 11.1. The van der Waals surface area contributed by atoms with E-state index in [4.69, 9.17) is 11.6 Å². The lowest BCUT2D eigenvalue weighted by atomic mass is 10.2. The lowest BCUT2D eigenvalue weighted by Crippen LogP contribution is -2.33. The smallest absolute Gasteiger partial charge is 0.258 e. The van der Waals surface area contributed by atoms with Gasteiger partial charge in [0.2, 0.25) is 10.0 Å². The van der Waals surface area contributed by atoms with Gasteiger partial charge in [-0.1, -0.05) is 17.7 Å². The van der Waals surface area contributed by atoms with Crippen LogP contribution in [-0.4, -0.2) is 46.5 Å². The zero-order valence-corrected chi connectivity index (χ0v) is 18.4. The number of hydrogen-bond donors (Lipinski definition) is 1. The second-order valence-electron chi connectivity index (χ2n) is 6.93. The Morgan fingerprint density at radius 1 is 1.23 bits per heavy atom. The van der Waals surface area contributed by atoms with Gasteiger partial charge in [0.1, 0.15) is 0 Å². The number of sulfonamides is 1. The first kappa shape index (κ1) is 21.9. The van der Waals surface area contributed by atoms with Crippen molar-refractivity contribution in [3.63, 3.8) is 0 Å². The number of nitrogens with one attached hydrogen (secondary N) is 1. The first-order valence-corrected chi connectivity index (χ1v) is 11.0. The normalized spacial score (nSPS) is 11.8. The van der Waals surface area contributed by atoms with Gasteiger partial charge < -0.3 is 5.32 Å². The van der Waals surface area contributed by atoms with Crippen LogP contribution in [0.2, 0.25) is 5.02 Å². The largest absolute Gasteiger partial charge is 0.305 e. The highest BCUT2D eigenvalue weighted by molar-refractivity contribution is 7.89. The number of carbonyl (C=O) groups excluding carboxylic acids is 1. The van der Waals surface area contributed by atoms with E-state index < -0.39 is 15.9 Å². The number of nitrogens with zero attached hydrogens (tertiary/aromatic N) is 4. The van der Waals surface area contributed by atoms with Crippen molar-refractivity contribution < 1.29 is 13.2 Å². The quantitative estimate of drug-likeness (QED) is 0.599. The lowest BCUT2D eigenvalue weighted by molar-refractivity contribution is 0.102. The summed E-state index contributed by atoms with van der Waals surface area (Å²) in [7, 11) is -2.26. The number of amides is 1. The van der Waals surface area contributed by atoms with E-state index in [0.717, 1.165) is 5.69 Å². The van der Waals surface area contributed by atoms with E-state index in [1.807, 2.05) is 18.2 Å². The predicted octanol–water partition coefficient (Wildman–Crippen LogP) is 3.26. The first-order valence-electron chi connectivity index (χ1n) is 9.21. The van der Waals surface area contributed by atoms with Gasteiger partial charge >= 0.3 is 0 Å². The Balaban J connectivity index is 1.79. The highest BCUT2D eigenvalue weighted by Crippen LogP contribution is 2.24. The predicted molar refractivity (Wildman–Crippen MR) is 115 cm³/mol. The fourth-order valence-corrected chi connectivity index (χ4v) is 4.24. The van der Waals surface area contributed by atoms with Crippen molar-refractivity contribution in [1.82, 2.24) is 19.1 Å². The molecule has 0 bridgehead atoms. The number of benzene rings is 1. The highest BCUT2D eigenvalue weighted by atomic mass is 35.5. The summed E-state index contributed by atoms with van der Waals surface area (Å²) in [5.41, 5.74) is 0.878. The molecular formula is C20H22ClN5O3S. The molecule has 0 fully saturated rings. The molecule has 1 N–H and O–H groups in total. The first-order chi connectivity index (χ1) is 14.2. The topological polar surface area (TPSA) is 97.2 Å². The third kappa shape index (κ3) is 4.86. The molecule has 0 unspecified atom stereocenters. The van der Waals surface area contributed by atoms with Crippen LogP contribution in [0.5, 0.6) is 0 Å². The Morgan fingerprint density at radius 3 is 2.67 bits per heavy atom. The molecule has 1 aromatic carbocycles. The molecule has 0 atom stereocenters. The van der Waals surface area contributed by atoms with Gasteiger partial charge in [-0.2, -0.15) is 9.40 Å². The minimum absolute atomic E-state index is 0.00562. The van der Waals surface area contributed by atoms with Crippen LogP contribution >= 0.6 is 11.6 Å². The SMILES string of the molecule is CC(C)N(C)S(=O)(=O)c1ccc(Cl)c(C(=O)Nc2ccn(Cc3ccccn3)n2)c1. The van der Waals surface area contributed by atoms with Crippen molar-refractivity contribution in [3.8, 4) is 0 Å². The van der Waals surface area contributed by atoms with Crippen LogP contribution < -0.4 is 5.32 Å². The Kier molecular flexibility index (Phi) is 6.55. The third-order valence-electron chi connectivity index (χ3n) is 4.52. The molecule has 0 spiro atoms. The monoisotopic (exact) mass is 447 g/mol. The van der Waals surface area contributed by atoms with Gasteiger partial charge in [0.25, 0.3) is 5.91 Å². The van der Waals surface area contributed by atoms with Crippen molar-refractivity contribution in [2.75, 3.05) is 12.4 Å². The lowest BCUT2D eigenvalue weighted by Gasteiger charge is -2.21. The molecule has 3 rings (SSSR count). The average Bonchev–Trinajstić information content (AvgIpc) is 3.14. The van der Waals surface area contributed by atoms with Crippen LogP contribution in [0, 0.1) is 0 Å². The van der Waals surface area contributed by atoms with Crippen LogP contribution in [-0.2, 0) is 16.6 Å². The molecule has 0 aliphatic heterocycles. The van der Waals surface area contributed by atoms with E-state index in [-0.39, 0.29) is 21.5 Å². The van der Waals surface area contributed by atoms with Crippen LogP contribution in [0.25, 0.3) is 0 Å². The number of aromatic nitrogens is 3. The van der Waals surface area contributed by atoms with Gasteiger partial charge in [-0.3, -0.25) is 14.5 Å². The summed E-state index contributed by atoms with van der Waals surface area (Å²) in [5.74, 6) is -0.230. The Morgan fingerprint density at radius 2 is 2.00 bits per heavy atom. The molecule has 2 aromatic heterocycles. The third-order valence-corrected chi connectivity index (χ3v) is 6.88. The Labute approximate surface area is 180 Å². The van der Waals surface area contributed by atoms with Crippen LogP contribution in [0.1, 0.15) is 29.9 Å². The van der Waals surface area contributed by atoms with E-state index in [0.29, 0.717) is 12.4 Å². The second kappa shape index (κ2) is 8.95. The summed E-state index contributed by atoms with van der Waals surface area (Å²) in [4.78, 5) is 17.0. The van der Waals surface area contributed by atoms with E-state index in [1.165, 1.54) is 29.6 Å². The number of pyridine rings is 1. The number of carbonyl (C=O) groups is 1. The molecule has 30 heavy (non-hydrogen) atoms. The molecular weight excluding hydrogens is 426 g/mol. The highest BCUT2D eigenvalue weighted by Gasteiger charge is 2.25. The van der Waals surface area contributed by atoms with E-state index >= 15 is 0 Å². The van der Waals surface area contributed by atoms with E-state index in [1.54, 1.807) is 37.0 Å². The maximum absolute atomic E-state index is 12.7. The summed E-state index contributed by atoms with van der Waals surface area (Å²) in [5, 5.41) is 7.10. The molecule has 8 nitrogen and oxygen atoms in total. The number of hydrogen-bond acceptors (Lipinski definition) is 5. The zero-order chi connectivity index (χ0) is 21.9. The number of halogens is 1. The molecule has 1 amide bonds. The van der Waals surface area contributed by atoms with Gasteiger partial charge in [-0.15, -0.1) is 0 Å². The maximum atomic E-state index is 12.7. The summed E-state index contributed by atoms with van der Waals surface area (Å²) in [6.45, 7) is 3.98. The summed E-state index contributed by atoms with van der Waals surface area (Å²) >= 11 is 6.16. The summed E-state index contributed by atoms with van der Waals surface area (Å²) in [6.07, 6.45) is 3.41. The van der Waals surface area contributed by atoms with Crippen molar-refractivity contribution in [2.24, 2.45) is 0 Å². The molecule has 2 heterocycles. The zero-order valence-electron chi connectivity index (χ0n) is 16.8. The Bertz CT molecular complexity index is 1150. The fourth-order valence-electron chi connectivity index (χ4n) is 2.64. The second-order valence-corrected chi connectivity index (χ2v) is 9.34. The molecule has 0 radical (unpaired) electrons. The molecule has 3 aromatic rings. The van der Waals surface area contributed by atoms with Crippen molar-refractivity contribution in [1.29, 1.82) is 0 Å².